The first-order valence-electron chi connectivity index (χ1n) is 6.23. The number of nitrogens with zero attached hydrogens (tertiary/aromatic N) is 1. The Morgan fingerprint density at radius 1 is 1.24 bits per heavy atom. The van der Waals surface area contributed by atoms with E-state index in [1.54, 1.807) is 0 Å². The number of rotatable bonds is 4. The highest BCUT2D eigenvalue weighted by molar-refractivity contribution is 5.34. The standard InChI is InChI=1S/C15H26N2/c1-11-7-8-12(2)13(9-11)14(17(5)6)15(3,4)10-16/h7-9,14H,10,16H2,1-6H3. The van der Waals surface area contributed by atoms with Crippen molar-refractivity contribution in [3.8, 4) is 0 Å². The van der Waals surface area contributed by atoms with Crippen LogP contribution in [0.3, 0.4) is 0 Å². The van der Waals surface area contributed by atoms with Gasteiger partial charge in [0.2, 0.25) is 0 Å². The van der Waals surface area contributed by atoms with Crippen LogP contribution in [0.2, 0.25) is 0 Å². The second-order valence-electron chi connectivity index (χ2n) is 5.92. The van der Waals surface area contributed by atoms with Gasteiger partial charge in [-0.25, -0.2) is 0 Å². The molecule has 0 aliphatic rings. The Bertz CT molecular complexity index is 381. The zero-order chi connectivity index (χ0) is 13.2. The van der Waals surface area contributed by atoms with Crippen molar-refractivity contribution in [2.45, 2.75) is 33.7 Å². The van der Waals surface area contributed by atoms with Gasteiger partial charge in [0.15, 0.2) is 0 Å². The summed E-state index contributed by atoms with van der Waals surface area (Å²) in [7, 11) is 4.26. The fraction of sp³-hybridized carbons (Fsp3) is 0.600. The van der Waals surface area contributed by atoms with Crippen molar-refractivity contribution in [1.82, 2.24) is 4.90 Å². The van der Waals surface area contributed by atoms with Crippen LogP contribution >= 0.6 is 0 Å². The normalized spacial score (nSPS) is 14.1. The molecular weight excluding hydrogens is 208 g/mol. The Hall–Kier alpha value is -0.860. The van der Waals surface area contributed by atoms with Crippen LogP contribution < -0.4 is 5.73 Å². The molecule has 0 saturated heterocycles. The first kappa shape index (κ1) is 14.2. The molecule has 1 rings (SSSR count). The van der Waals surface area contributed by atoms with Crippen molar-refractivity contribution in [3.63, 3.8) is 0 Å². The van der Waals surface area contributed by atoms with Crippen molar-refractivity contribution in [2.75, 3.05) is 20.6 Å². The lowest BCUT2D eigenvalue weighted by Gasteiger charge is -2.39. The maximum Gasteiger partial charge on any atom is 0.0407 e. The van der Waals surface area contributed by atoms with E-state index in [2.05, 4.69) is 64.9 Å². The predicted octanol–water partition coefficient (Wildman–Crippen LogP) is 2.89. The van der Waals surface area contributed by atoms with Crippen LogP contribution in [0.4, 0.5) is 0 Å². The van der Waals surface area contributed by atoms with Gasteiger partial charge in [0.05, 0.1) is 0 Å². The number of nitrogens with two attached hydrogens (primary N) is 1. The Kier molecular flexibility index (Phi) is 4.34. The number of hydrogen-bond donors (Lipinski definition) is 1. The molecule has 0 amide bonds. The topological polar surface area (TPSA) is 29.3 Å². The number of benzene rings is 1. The van der Waals surface area contributed by atoms with Crippen LogP contribution in [-0.4, -0.2) is 25.5 Å². The van der Waals surface area contributed by atoms with Crippen molar-refractivity contribution in [3.05, 3.63) is 34.9 Å². The Balaban J connectivity index is 3.28. The average Bonchev–Trinajstić information content (AvgIpc) is 2.22. The monoisotopic (exact) mass is 234 g/mol. The van der Waals surface area contributed by atoms with Crippen LogP contribution in [0.15, 0.2) is 18.2 Å². The molecule has 0 radical (unpaired) electrons. The third-order valence-corrected chi connectivity index (χ3v) is 3.51. The van der Waals surface area contributed by atoms with Gasteiger partial charge in [0, 0.05) is 6.04 Å². The maximum absolute atomic E-state index is 5.94. The van der Waals surface area contributed by atoms with E-state index in [1.165, 1.54) is 16.7 Å². The molecule has 17 heavy (non-hydrogen) atoms. The van der Waals surface area contributed by atoms with Gasteiger partial charge in [-0.15, -0.1) is 0 Å². The summed E-state index contributed by atoms with van der Waals surface area (Å²) in [6.07, 6.45) is 0. The van der Waals surface area contributed by atoms with Gasteiger partial charge in [-0.3, -0.25) is 0 Å². The van der Waals surface area contributed by atoms with Crippen molar-refractivity contribution >= 4 is 0 Å². The van der Waals surface area contributed by atoms with E-state index in [0.717, 1.165) is 0 Å². The molecule has 1 unspecified atom stereocenters. The molecule has 0 heterocycles. The van der Waals surface area contributed by atoms with Gasteiger partial charge >= 0.3 is 0 Å². The van der Waals surface area contributed by atoms with Crippen LogP contribution in [0, 0.1) is 19.3 Å². The van der Waals surface area contributed by atoms with E-state index in [-0.39, 0.29) is 5.41 Å². The first-order valence-corrected chi connectivity index (χ1v) is 6.23. The summed E-state index contributed by atoms with van der Waals surface area (Å²) >= 11 is 0. The zero-order valence-corrected chi connectivity index (χ0v) is 12.0. The minimum absolute atomic E-state index is 0.0715. The van der Waals surface area contributed by atoms with Crippen molar-refractivity contribution in [2.24, 2.45) is 11.1 Å². The van der Waals surface area contributed by atoms with Crippen LogP contribution in [0.1, 0.15) is 36.6 Å². The van der Waals surface area contributed by atoms with E-state index in [0.29, 0.717) is 12.6 Å². The fourth-order valence-corrected chi connectivity index (χ4v) is 2.56. The van der Waals surface area contributed by atoms with Gasteiger partial charge in [0.1, 0.15) is 0 Å². The molecule has 0 aliphatic carbocycles. The van der Waals surface area contributed by atoms with Crippen molar-refractivity contribution < 1.29 is 0 Å². The van der Waals surface area contributed by atoms with Crippen LogP contribution in [-0.2, 0) is 0 Å². The predicted molar refractivity (Wildman–Crippen MR) is 75.2 cm³/mol. The molecule has 1 aromatic carbocycles. The van der Waals surface area contributed by atoms with Crippen molar-refractivity contribution in [1.29, 1.82) is 0 Å². The molecule has 2 N–H and O–H groups in total. The summed E-state index contributed by atoms with van der Waals surface area (Å²) in [6.45, 7) is 9.48. The molecule has 1 atom stereocenters. The van der Waals surface area contributed by atoms with Gasteiger partial charge in [-0.1, -0.05) is 37.6 Å². The molecule has 1 aromatic rings. The number of hydrogen-bond acceptors (Lipinski definition) is 2. The van der Waals surface area contributed by atoms with Gasteiger partial charge in [-0.2, -0.15) is 0 Å². The van der Waals surface area contributed by atoms with E-state index >= 15 is 0 Å². The fourth-order valence-electron chi connectivity index (χ4n) is 2.56. The molecular formula is C15H26N2. The van der Waals surface area contributed by atoms with Gasteiger partial charge in [0.25, 0.3) is 0 Å². The van der Waals surface area contributed by atoms with E-state index in [1.807, 2.05) is 0 Å². The quantitative estimate of drug-likeness (QED) is 0.868. The highest BCUT2D eigenvalue weighted by Crippen LogP contribution is 2.37. The SMILES string of the molecule is Cc1ccc(C)c(C(N(C)C)C(C)(C)CN)c1. The van der Waals surface area contributed by atoms with E-state index in [9.17, 15) is 0 Å². The number of aryl methyl sites for hydroxylation is 2. The third kappa shape index (κ3) is 3.08. The third-order valence-electron chi connectivity index (χ3n) is 3.51. The zero-order valence-electron chi connectivity index (χ0n) is 12.0. The summed E-state index contributed by atoms with van der Waals surface area (Å²) in [5, 5.41) is 0. The summed E-state index contributed by atoms with van der Waals surface area (Å²) in [6, 6.07) is 7.01. The highest BCUT2D eigenvalue weighted by Gasteiger charge is 2.32. The molecule has 96 valence electrons. The molecule has 2 heteroatoms. The summed E-state index contributed by atoms with van der Waals surface area (Å²) in [4.78, 5) is 2.27. The van der Waals surface area contributed by atoms with E-state index in [4.69, 9.17) is 5.73 Å². The van der Waals surface area contributed by atoms with Crippen LogP contribution in [0.25, 0.3) is 0 Å². The van der Waals surface area contributed by atoms with Crippen LogP contribution in [0.5, 0.6) is 0 Å². The molecule has 0 aromatic heterocycles. The lowest BCUT2D eigenvalue weighted by Crippen LogP contribution is -2.39. The molecule has 0 aliphatic heterocycles. The van der Waals surface area contributed by atoms with E-state index < -0.39 is 0 Å². The Labute approximate surface area is 106 Å². The largest absolute Gasteiger partial charge is 0.330 e. The van der Waals surface area contributed by atoms with Gasteiger partial charge in [-0.05, 0) is 51.0 Å². The smallest absolute Gasteiger partial charge is 0.0407 e. The highest BCUT2D eigenvalue weighted by atomic mass is 15.1. The maximum atomic E-state index is 5.94. The molecule has 2 nitrogen and oxygen atoms in total. The van der Waals surface area contributed by atoms with Gasteiger partial charge < -0.3 is 10.6 Å². The minimum atomic E-state index is 0.0715. The molecule has 0 saturated carbocycles. The molecule has 0 fully saturated rings. The second-order valence-corrected chi connectivity index (χ2v) is 5.92. The summed E-state index contributed by atoms with van der Waals surface area (Å²) in [5.41, 5.74) is 10.1. The molecule has 0 bridgehead atoms. The minimum Gasteiger partial charge on any atom is -0.330 e. The molecule has 0 spiro atoms. The Morgan fingerprint density at radius 3 is 2.29 bits per heavy atom. The lowest BCUT2D eigenvalue weighted by atomic mass is 9.78. The second kappa shape index (κ2) is 5.19. The lowest BCUT2D eigenvalue weighted by molar-refractivity contribution is 0.142. The first-order chi connectivity index (χ1) is 7.79. The summed E-state index contributed by atoms with van der Waals surface area (Å²) < 4.78 is 0. The summed E-state index contributed by atoms with van der Waals surface area (Å²) in [5.74, 6) is 0. The Morgan fingerprint density at radius 2 is 1.82 bits per heavy atom. The average molecular weight is 234 g/mol.